The highest BCUT2D eigenvalue weighted by Crippen LogP contribution is 2.35. The molecule has 1 aromatic carbocycles. The maximum absolute atomic E-state index is 12.8. The van der Waals surface area contributed by atoms with Gasteiger partial charge in [0.2, 0.25) is 0 Å². The van der Waals surface area contributed by atoms with E-state index < -0.39 is 10.2 Å². The number of nitrogens with one attached hydrogen (secondary N) is 1. The number of rotatable bonds is 5. The second-order valence-electron chi connectivity index (χ2n) is 8.15. The van der Waals surface area contributed by atoms with Crippen molar-refractivity contribution in [2.75, 3.05) is 32.8 Å². The van der Waals surface area contributed by atoms with E-state index in [1.807, 2.05) is 18.2 Å². The minimum absolute atomic E-state index is 0.179. The third-order valence-corrected chi connectivity index (χ3v) is 7.40. The van der Waals surface area contributed by atoms with E-state index >= 15 is 0 Å². The molecular weight excluding hydrogens is 336 g/mol. The molecule has 2 heterocycles. The van der Waals surface area contributed by atoms with Crippen LogP contribution in [0.5, 0.6) is 0 Å². The number of hydrogen-bond acceptors (Lipinski definition) is 3. The second kappa shape index (κ2) is 7.35. The summed E-state index contributed by atoms with van der Waals surface area (Å²) in [5.74, 6) is 0. The van der Waals surface area contributed by atoms with Gasteiger partial charge in [-0.25, -0.2) is 4.72 Å². The first kappa shape index (κ1) is 18.8. The highest BCUT2D eigenvalue weighted by molar-refractivity contribution is 7.87. The van der Waals surface area contributed by atoms with Crippen LogP contribution in [0.1, 0.15) is 45.1 Å². The van der Waals surface area contributed by atoms with E-state index in [1.54, 1.807) is 4.31 Å². The van der Waals surface area contributed by atoms with Crippen molar-refractivity contribution in [1.29, 1.82) is 0 Å². The van der Waals surface area contributed by atoms with Crippen molar-refractivity contribution in [3.63, 3.8) is 0 Å². The third-order valence-electron chi connectivity index (χ3n) is 5.84. The molecule has 2 aliphatic heterocycles. The van der Waals surface area contributed by atoms with Gasteiger partial charge in [0, 0.05) is 38.3 Å². The van der Waals surface area contributed by atoms with Gasteiger partial charge in [0.05, 0.1) is 0 Å². The van der Waals surface area contributed by atoms with E-state index in [2.05, 4.69) is 30.7 Å². The molecule has 1 aromatic rings. The van der Waals surface area contributed by atoms with E-state index in [1.165, 1.54) is 5.56 Å². The van der Waals surface area contributed by atoms with E-state index in [9.17, 15) is 8.42 Å². The maximum Gasteiger partial charge on any atom is 0.279 e. The molecule has 140 valence electrons. The van der Waals surface area contributed by atoms with Crippen LogP contribution in [0, 0.1) is 5.41 Å². The second-order valence-corrected chi connectivity index (χ2v) is 9.90. The highest BCUT2D eigenvalue weighted by atomic mass is 32.2. The van der Waals surface area contributed by atoms with E-state index in [0.29, 0.717) is 32.8 Å². The zero-order valence-corrected chi connectivity index (χ0v) is 16.1. The van der Waals surface area contributed by atoms with Crippen molar-refractivity contribution in [3.05, 3.63) is 35.9 Å². The quantitative estimate of drug-likeness (QED) is 0.872. The topological polar surface area (TPSA) is 58.6 Å². The summed E-state index contributed by atoms with van der Waals surface area (Å²) in [5, 5.41) is 0. The molecule has 0 saturated carbocycles. The Morgan fingerprint density at radius 3 is 2.24 bits per heavy atom. The first-order valence-corrected chi connectivity index (χ1v) is 10.7. The van der Waals surface area contributed by atoms with Crippen LogP contribution in [-0.2, 0) is 20.4 Å². The number of ether oxygens (including phenoxy) is 1. The summed E-state index contributed by atoms with van der Waals surface area (Å²) >= 11 is 0. The normalized spacial score (nSPS) is 24.1. The fourth-order valence-electron chi connectivity index (χ4n) is 3.77. The van der Waals surface area contributed by atoms with Crippen LogP contribution in [0.15, 0.2) is 30.3 Å². The van der Waals surface area contributed by atoms with E-state index in [0.717, 1.165) is 25.7 Å². The molecule has 0 bridgehead atoms. The predicted molar refractivity (Wildman–Crippen MR) is 99.7 cm³/mol. The van der Waals surface area contributed by atoms with Gasteiger partial charge in [-0.3, -0.25) is 0 Å². The first-order valence-electron chi connectivity index (χ1n) is 9.21. The molecular formula is C19H30N2O3S. The van der Waals surface area contributed by atoms with Crippen molar-refractivity contribution >= 4 is 10.2 Å². The smallest absolute Gasteiger partial charge is 0.279 e. The summed E-state index contributed by atoms with van der Waals surface area (Å²) in [6, 6.07) is 10.2. The lowest BCUT2D eigenvalue weighted by Crippen LogP contribution is -2.51. The summed E-state index contributed by atoms with van der Waals surface area (Å²) < 4.78 is 35.6. The van der Waals surface area contributed by atoms with Crippen LogP contribution in [0.3, 0.4) is 0 Å². The molecule has 25 heavy (non-hydrogen) atoms. The largest absolute Gasteiger partial charge is 0.381 e. The first-order chi connectivity index (χ1) is 11.8. The lowest BCUT2D eigenvalue weighted by atomic mass is 9.74. The Bertz CT molecular complexity index is 657. The Balaban J connectivity index is 1.71. The zero-order chi connectivity index (χ0) is 18.0. The molecule has 0 aromatic heterocycles. The van der Waals surface area contributed by atoms with Crippen molar-refractivity contribution < 1.29 is 13.2 Å². The summed E-state index contributed by atoms with van der Waals surface area (Å²) in [6.45, 7) is 7.40. The van der Waals surface area contributed by atoms with Crippen LogP contribution in [-0.4, -0.2) is 45.6 Å². The van der Waals surface area contributed by atoms with Gasteiger partial charge < -0.3 is 4.74 Å². The molecule has 5 nitrogen and oxygen atoms in total. The summed E-state index contributed by atoms with van der Waals surface area (Å²) in [5.41, 5.74) is 1.25. The van der Waals surface area contributed by atoms with Crippen molar-refractivity contribution in [1.82, 2.24) is 9.03 Å². The maximum atomic E-state index is 12.8. The average molecular weight is 367 g/mol. The SMILES string of the molecule is CC1(C)CCN(S(=O)(=O)NCC2(c3ccccc3)CCOCC2)CC1. The Morgan fingerprint density at radius 2 is 1.64 bits per heavy atom. The molecule has 6 heteroatoms. The summed E-state index contributed by atoms with van der Waals surface area (Å²) in [6.07, 6.45) is 3.50. The van der Waals surface area contributed by atoms with Gasteiger partial charge in [-0.2, -0.15) is 12.7 Å². The fourth-order valence-corrected chi connectivity index (χ4v) is 5.08. The van der Waals surface area contributed by atoms with Crippen LogP contribution < -0.4 is 4.72 Å². The van der Waals surface area contributed by atoms with Gasteiger partial charge >= 0.3 is 0 Å². The molecule has 2 saturated heterocycles. The molecule has 2 aliphatic rings. The average Bonchev–Trinajstić information content (AvgIpc) is 2.61. The number of benzene rings is 1. The Labute approximate surface area is 151 Å². The predicted octanol–water partition coefficient (Wildman–Crippen LogP) is 2.69. The number of nitrogens with zero attached hydrogens (tertiary/aromatic N) is 1. The van der Waals surface area contributed by atoms with Crippen molar-refractivity contribution in [2.24, 2.45) is 5.41 Å². The molecule has 3 rings (SSSR count). The van der Waals surface area contributed by atoms with Gasteiger partial charge in [0.15, 0.2) is 0 Å². The highest BCUT2D eigenvalue weighted by Gasteiger charge is 2.37. The number of piperidine rings is 1. The van der Waals surface area contributed by atoms with Gasteiger partial charge in [0.1, 0.15) is 0 Å². The lowest BCUT2D eigenvalue weighted by Gasteiger charge is -2.40. The Morgan fingerprint density at radius 1 is 1.04 bits per heavy atom. The zero-order valence-electron chi connectivity index (χ0n) is 15.3. The minimum atomic E-state index is -3.44. The molecule has 2 fully saturated rings. The van der Waals surface area contributed by atoms with E-state index in [4.69, 9.17) is 4.74 Å². The number of hydrogen-bond donors (Lipinski definition) is 1. The molecule has 0 atom stereocenters. The Hall–Kier alpha value is -0.950. The molecule has 0 aliphatic carbocycles. The van der Waals surface area contributed by atoms with E-state index in [-0.39, 0.29) is 10.8 Å². The van der Waals surface area contributed by atoms with Crippen LogP contribution in [0.4, 0.5) is 0 Å². The monoisotopic (exact) mass is 366 g/mol. The molecule has 1 N–H and O–H groups in total. The van der Waals surface area contributed by atoms with Crippen molar-refractivity contribution in [3.8, 4) is 0 Å². The third kappa shape index (κ3) is 4.42. The standard InChI is InChI=1S/C19H30N2O3S/c1-18(2)8-12-21(13-9-18)25(22,23)20-16-19(10-14-24-15-11-19)17-6-4-3-5-7-17/h3-7,20H,8-16H2,1-2H3. The van der Waals surface area contributed by atoms with Gasteiger partial charge in [-0.1, -0.05) is 44.2 Å². The molecule has 0 amide bonds. The van der Waals surface area contributed by atoms with Crippen LogP contribution in [0.25, 0.3) is 0 Å². The van der Waals surface area contributed by atoms with Gasteiger partial charge in [-0.05, 0) is 36.7 Å². The van der Waals surface area contributed by atoms with Crippen LogP contribution >= 0.6 is 0 Å². The van der Waals surface area contributed by atoms with Gasteiger partial charge in [0.25, 0.3) is 10.2 Å². The Kier molecular flexibility index (Phi) is 5.54. The lowest BCUT2D eigenvalue weighted by molar-refractivity contribution is 0.0515. The molecule has 0 spiro atoms. The molecule has 0 unspecified atom stereocenters. The van der Waals surface area contributed by atoms with Gasteiger partial charge in [-0.15, -0.1) is 0 Å². The minimum Gasteiger partial charge on any atom is -0.381 e. The fraction of sp³-hybridized carbons (Fsp3) is 0.684. The van der Waals surface area contributed by atoms with Crippen molar-refractivity contribution in [2.45, 2.75) is 44.9 Å². The summed E-state index contributed by atoms with van der Waals surface area (Å²) in [7, 11) is -3.44. The van der Waals surface area contributed by atoms with Crippen LogP contribution in [0.2, 0.25) is 0 Å². The molecule has 0 radical (unpaired) electrons. The summed E-state index contributed by atoms with van der Waals surface area (Å²) in [4.78, 5) is 0.